The summed E-state index contributed by atoms with van der Waals surface area (Å²) in [6.45, 7) is 8.51. The van der Waals surface area contributed by atoms with E-state index in [1.54, 1.807) is 25.3 Å². The highest BCUT2D eigenvalue weighted by molar-refractivity contribution is 5.94. The van der Waals surface area contributed by atoms with Crippen molar-refractivity contribution in [2.75, 3.05) is 39.8 Å². The van der Waals surface area contributed by atoms with Gasteiger partial charge in [-0.1, -0.05) is 24.3 Å². The number of nitrogens with zero attached hydrogens (tertiary/aromatic N) is 3. The van der Waals surface area contributed by atoms with Crippen molar-refractivity contribution in [3.05, 3.63) is 89.7 Å². The Hall–Kier alpha value is -3.42. The van der Waals surface area contributed by atoms with E-state index in [2.05, 4.69) is 38.3 Å². The highest BCUT2D eigenvalue weighted by Crippen LogP contribution is 2.17. The van der Waals surface area contributed by atoms with Crippen molar-refractivity contribution in [2.24, 2.45) is 0 Å². The van der Waals surface area contributed by atoms with Crippen molar-refractivity contribution in [1.82, 2.24) is 20.1 Å². The van der Waals surface area contributed by atoms with E-state index in [9.17, 15) is 4.79 Å². The lowest BCUT2D eigenvalue weighted by Gasteiger charge is -2.34. The van der Waals surface area contributed by atoms with E-state index >= 15 is 0 Å². The summed E-state index contributed by atoms with van der Waals surface area (Å²) in [4.78, 5) is 21.6. The zero-order chi connectivity index (χ0) is 24.5. The van der Waals surface area contributed by atoms with E-state index < -0.39 is 0 Å². The van der Waals surface area contributed by atoms with Gasteiger partial charge in [-0.2, -0.15) is 0 Å². The molecule has 1 fully saturated rings. The number of benzene rings is 2. The number of aromatic nitrogens is 1. The summed E-state index contributed by atoms with van der Waals surface area (Å²) in [5.41, 5.74) is 3.11. The summed E-state index contributed by atoms with van der Waals surface area (Å²) >= 11 is 0. The lowest BCUT2D eigenvalue weighted by atomic mass is 10.1. The molecule has 1 aliphatic rings. The molecule has 1 N–H and O–H groups in total. The molecular formula is C28H34N4O3. The maximum Gasteiger partial charge on any atom is 0.251 e. The summed E-state index contributed by atoms with van der Waals surface area (Å²) in [7, 11) is 1.59. The maximum atomic E-state index is 12.4. The molecule has 0 aliphatic carbocycles. The molecule has 1 atom stereocenters. The lowest BCUT2D eigenvalue weighted by Crippen LogP contribution is -2.45. The molecule has 0 bridgehead atoms. The minimum absolute atomic E-state index is 0.143. The number of hydrogen-bond donors (Lipinski definition) is 1. The topological polar surface area (TPSA) is 66.9 Å². The highest BCUT2D eigenvalue weighted by Gasteiger charge is 2.17. The standard InChI is InChI=1S/C28H34N4O3/c1-22(18-30-28(33)25-6-3-7-27(17-25)34-2)35-26-10-8-23(9-11-26)20-31-13-15-32(16-14-31)21-24-5-4-12-29-19-24/h3-12,17,19,22H,13-16,18,20-21H2,1-2H3,(H,30,33)/t22-/m1/s1. The Morgan fingerprint density at radius 2 is 1.66 bits per heavy atom. The number of piperazine rings is 1. The Morgan fingerprint density at radius 1 is 0.943 bits per heavy atom. The first-order valence-corrected chi connectivity index (χ1v) is 12.1. The molecule has 7 nitrogen and oxygen atoms in total. The van der Waals surface area contributed by atoms with Crippen LogP contribution in [0.4, 0.5) is 0 Å². The van der Waals surface area contributed by atoms with E-state index in [1.807, 2.05) is 43.6 Å². The summed E-state index contributed by atoms with van der Waals surface area (Å²) in [5.74, 6) is 1.32. The normalized spacial score (nSPS) is 15.4. The molecule has 0 spiro atoms. The predicted octanol–water partition coefficient (Wildman–Crippen LogP) is 3.61. The van der Waals surface area contributed by atoms with Crippen LogP contribution >= 0.6 is 0 Å². The van der Waals surface area contributed by atoms with Gasteiger partial charge in [0.05, 0.1) is 13.7 Å². The maximum absolute atomic E-state index is 12.4. The highest BCUT2D eigenvalue weighted by atomic mass is 16.5. The summed E-state index contributed by atoms with van der Waals surface area (Å²) in [6.07, 6.45) is 3.62. The molecule has 2 aromatic carbocycles. The van der Waals surface area contributed by atoms with Crippen molar-refractivity contribution in [1.29, 1.82) is 0 Å². The van der Waals surface area contributed by atoms with Gasteiger partial charge in [-0.15, -0.1) is 0 Å². The van der Waals surface area contributed by atoms with Crippen LogP contribution in [0.25, 0.3) is 0 Å². The average molecular weight is 475 g/mol. The van der Waals surface area contributed by atoms with Gasteiger partial charge in [0.2, 0.25) is 0 Å². The molecule has 0 saturated carbocycles. The molecule has 35 heavy (non-hydrogen) atoms. The lowest BCUT2D eigenvalue weighted by molar-refractivity contribution is 0.0932. The van der Waals surface area contributed by atoms with Crippen molar-refractivity contribution in [2.45, 2.75) is 26.1 Å². The van der Waals surface area contributed by atoms with Crippen LogP contribution in [0, 0.1) is 0 Å². The Kier molecular flexibility index (Phi) is 8.70. The number of amides is 1. The van der Waals surface area contributed by atoms with Gasteiger partial charge in [0.1, 0.15) is 17.6 Å². The Morgan fingerprint density at radius 3 is 2.31 bits per heavy atom. The number of carbonyl (C=O) groups excluding carboxylic acids is 1. The molecule has 7 heteroatoms. The second-order valence-electron chi connectivity index (χ2n) is 8.93. The Balaban J connectivity index is 1.18. The van der Waals surface area contributed by atoms with Gasteiger partial charge >= 0.3 is 0 Å². The summed E-state index contributed by atoms with van der Waals surface area (Å²) in [6, 6.07) is 19.5. The van der Waals surface area contributed by atoms with Crippen LogP contribution in [-0.2, 0) is 13.1 Å². The van der Waals surface area contributed by atoms with Crippen LogP contribution in [0.5, 0.6) is 11.5 Å². The zero-order valence-electron chi connectivity index (χ0n) is 20.5. The van der Waals surface area contributed by atoms with Crippen LogP contribution in [-0.4, -0.2) is 66.6 Å². The van der Waals surface area contributed by atoms with E-state index in [0.717, 1.165) is 45.0 Å². The molecule has 2 heterocycles. The van der Waals surface area contributed by atoms with Gasteiger partial charge in [0.15, 0.2) is 0 Å². The smallest absolute Gasteiger partial charge is 0.251 e. The number of methoxy groups -OCH3 is 1. The average Bonchev–Trinajstić information content (AvgIpc) is 2.90. The Labute approximate surface area is 207 Å². The number of hydrogen-bond acceptors (Lipinski definition) is 6. The van der Waals surface area contributed by atoms with Crippen LogP contribution < -0.4 is 14.8 Å². The first kappa shape index (κ1) is 24.7. The summed E-state index contributed by atoms with van der Waals surface area (Å²) in [5, 5.41) is 2.92. The second-order valence-corrected chi connectivity index (χ2v) is 8.93. The number of pyridine rings is 1. The van der Waals surface area contributed by atoms with E-state index in [1.165, 1.54) is 11.1 Å². The predicted molar refractivity (Wildman–Crippen MR) is 137 cm³/mol. The first-order chi connectivity index (χ1) is 17.1. The molecule has 1 aromatic heterocycles. The Bertz CT molecular complexity index is 1070. The van der Waals surface area contributed by atoms with Gasteiger partial charge in [0.25, 0.3) is 5.91 Å². The molecule has 1 saturated heterocycles. The van der Waals surface area contributed by atoms with Crippen LogP contribution in [0.3, 0.4) is 0 Å². The zero-order valence-corrected chi connectivity index (χ0v) is 20.5. The van der Waals surface area contributed by atoms with Gasteiger partial charge in [0, 0.05) is 57.2 Å². The molecule has 0 radical (unpaired) electrons. The molecule has 4 rings (SSSR count). The van der Waals surface area contributed by atoms with Crippen molar-refractivity contribution < 1.29 is 14.3 Å². The van der Waals surface area contributed by atoms with Crippen LogP contribution in [0.2, 0.25) is 0 Å². The SMILES string of the molecule is COc1cccc(C(=O)NC[C@@H](C)Oc2ccc(CN3CCN(Cc4cccnc4)CC3)cc2)c1. The fourth-order valence-electron chi connectivity index (χ4n) is 4.16. The minimum atomic E-state index is -0.150. The van der Waals surface area contributed by atoms with E-state index in [0.29, 0.717) is 17.9 Å². The monoisotopic (exact) mass is 474 g/mol. The van der Waals surface area contributed by atoms with Crippen molar-refractivity contribution in [3.63, 3.8) is 0 Å². The molecule has 184 valence electrons. The molecule has 3 aromatic rings. The summed E-state index contributed by atoms with van der Waals surface area (Å²) < 4.78 is 11.2. The molecule has 1 aliphatic heterocycles. The number of ether oxygens (including phenoxy) is 2. The third-order valence-corrected chi connectivity index (χ3v) is 6.14. The van der Waals surface area contributed by atoms with Crippen LogP contribution in [0.15, 0.2) is 73.1 Å². The van der Waals surface area contributed by atoms with Gasteiger partial charge in [-0.25, -0.2) is 0 Å². The van der Waals surface area contributed by atoms with Gasteiger partial charge < -0.3 is 14.8 Å². The fourth-order valence-corrected chi connectivity index (χ4v) is 4.16. The van der Waals surface area contributed by atoms with Crippen LogP contribution in [0.1, 0.15) is 28.4 Å². The molecule has 1 amide bonds. The fraction of sp³-hybridized carbons (Fsp3) is 0.357. The minimum Gasteiger partial charge on any atom is -0.497 e. The molecular weight excluding hydrogens is 440 g/mol. The van der Waals surface area contributed by atoms with Gasteiger partial charge in [-0.3, -0.25) is 19.6 Å². The van der Waals surface area contributed by atoms with Crippen molar-refractivity contribution >= 4 is 5.91 Å². The third-order valence-electron chi connectivity index (χ3n) is 6.14. The van der Waals surface area contributed by atoms with E-state index in [4.69, 9.17) is 9.47 Å². The number of nitrogens with one attached hydrogen (secondary N) is 1. The second kappa shape index (κ2) is 12.3. The quantitative estimate of drug-likeness (QED) is 0.484. The van der Waals surface area contributed by atoms with Crippen molar-refractivity contribution in [3.8, 4) is 11.5 Å². The number of carbonyl (C=O) groups is 1. The number of rotatable bonds is 10. The first-order valence-electron chi connectivity index (χ1n) is 12.1. The molecule has 0 unspecified atom stereocenters. The third kappa shape index (κ3) is 7.53. The van der Waals surface area contributed by atoms with Gasteiger partial charge in [-0.05, 0) is 54.4 Å². The largest absolute Gasteiger partial charge is 0.497 e. The van der Waals surface area contributed by atoms with E-state index in [-0.39, 0.29) is 12.0 Å².